The maximum atomic E-state index is 12.7. The van der Waals surface area contributed by atoms with Crippen molar-refractivity contribution in [2.45, 2.75) is 13.8 Å². The van der Waals surface area contributed by atoms with E-state index in [1.54, 1.807) is 37.7 Å². The van der Waals surface area contributed by atoms with E-state index in [1.807, 2.05) is 13.0 Å². The molecule has 0 aliphatic rings. The summed E-state index contributed by atoms with van der Waals surface area (Å²) in [6, 6.07) is 3.60. The number of anilines is 1. The molecular weight excluding hydrogens is 340 g/mol. The summed E-state index contributed by atoms with van der Waals surface area (Å²) in [6.07, 6.45) is 9.32. The summed E-state index contributed by atoms with van der Waals surface area (Å²) in [5.41, 5.74) is 6.24. The minimum absolute atomic E-state index is 0.166. The van der Waals surface area contributed by atoms with E-state index in [4.69, 9.17) is 22.7 Å². The predicted octanol–water partition coefficient (Wildman–Crippen LogP) is 2.58. The van der Waals surface area contributed by atoms with E-state index in [1.165, 1.54) is 17.3 Å². The highest BCUT2D eigenvalue weighted by atomic mass is 35.5. The highest BCUT2D eigenvalue weighted by Crippen LogP contribution is 2.15. The van der Waals surface area contributed by atoms with Crippen LogP contribution in [0.3, 0.4) is 0 Å². The van der Waals surface area contributed by atoms with Crippen LogP contribution in [0.1, 0.15) is 13.8 Å². The topological polar surface area (TPSA) is 107 Å². The number of hydrogen-bond acceptors (Lipinski definition) is 6. The lowest BCUT2D eigenvalue weighted by molar-refractivity contribution is -0.132. The van der Waals surface area contributed by atoms with Gasteiger partial charge in [-0.3, -0.25) is 20.2 Å². The lowest BCUT2D eigenvalue weighted by atomic mass is 10.1. The molecule has 0 bridgehead atoms. The van der Waals surface area contributed by atoms with Gasteiger partial charge in [0.1, 0.15) is 5.17 Å². The van der Waals surface area contributed by atoms with Gasteiger partial charge in [0.05, 0.1) is 30.0 Å². The molecule has 0 spiro atoms. The zero-order valence-corrected chi connectivity index (χ0v) is 15.1. The normalized spacial score (nSPS) is 13.2. The molecular formula is C17H23ClN6O. The number of rotatable bonds is 9. The molecule has 1 aromatic rings. The number of nitrogens with one attached hydrogen (secondary N) is 2. The van der Waals surface area contributed by atoms with Gasteiger partial charge in [-0.05, 0) is 31.3 Å². The van der Waals surface area contributed by atoms with E-state index in [0.717, 1.165) is 5.69 Å². The number of allylic oxidation sites excluding steroid dienone is 2. The monoisotopic (exact) mass is 362 g/mol. The predicted molar refractivity (Wildman–Crippen MR) is 103 cm³/mol. The molecule has 0 fully saturated rings. The molecule has 1 unspecified atom stereocenters. The molecule has 0 radical (unpaired) electrons. The number of halogens is 1. The van der Waals surface area contributed by atoms with E-state index in [2.05, 4.69) is 15.3 Å². The van der Waals surface area contributed by atoms with Crippen molar-refractivity contribution in [3.05, 3.63) is 48.7 Å². The summed E-state index contributed by atoms with van der Waals surface area (Å²) in [5.74, 6) is -0.527. The lowest BCUT2D eigenvalue weighted by Crippen LogP contribution is -2.37. The van der Waals surface area contributed by atoms with Gasteiger partial charge in [0.2, 0.25) is 5.91 Å². The zero-order valence-electron chi connectivity index (χ0n) is 14.3. The van der Waals surface area contributed by atoms with E-state index in [9.17, 15) is 4.79 Å². The Bertz CT molecular complexity index is 656. The fraction of sp³-hybridized carbons (Fsp3) is 0.294. The molecule has 1 heterocycles. The van der Waals surface area contributed by atoms with Crippen LogP contribution in [0, 0.1) is 11.3 Å². The number of nitrogens with two attached hydrogens (primary N) is 1. The Morgan fingerprint density at radius 2 is 2.36 bits per heavy atom. The molecule has 7 nitrogen and oxygen atoms in total. The van der Waals surface area contributed by atoms with Crippen molar-refractivity contribution in [2.24, 2.45) is 16.6 Å². The Kier molecular flexibility index (Phi) is 8.95. The average molecular weight is 363 g/mol. The Labute approximate surface area is 152 Å². The van der Waals surface area contributed by atoms with Crippen molar-refractivity contribution in [3.63, 3.8) is 0 Å². The summed E-state index contributed by atoms with van der Waals surface area (Å²) in [7, 11) is 0. The second-order valence-electron chi connectivity index (χ2n) is 5.11. The van der Waals surface area contributed by atoms with Crippen LogP contribution < -0.4 is 11.1 Å². The van der Waals surface area contributed by atoms with Crippen LogP contribution in [-0.4, -0.2) is 40.3 Å². The Morgan fingerprint density at radius 3 is 2.92 bits per heavy atom. The largest absolute Gasteiger partial charge is 0.405 e. The van der Waals surface area contributed by atoms with Crippen LogP contribution in [0.2, 0.25) is 0 Å². The number of aromatic nitrogens is 1. The van der Waals surface area contributed by atoms with Crippen LogP contribution >= 0.6 is 11.6 Å². The number of carbonyl (C=O) groups is 1. The highest BCUT2D eigenvalue weighted by molar-refractivity contribution is 6.68. The van der Waals surface area contributed by atoms with Gasteiger partial charge < -0.3 is 16.0 Å². The van der Waals surface area contributed by atoms with Crippen molar-refractivity contribution >= 4 is 34.6 Å². The van der Waals surface area contributed by atoms with Crippen molar-refractivity contribution in [2.75, 3.05) is 18.4 Å². The van der Waals surface area contributed by atoms with Gasteiger partial charge in [-0.25, -0.2) is 0 Å². The standard InChI is InChI=1S/C17H23ClN6O/c1-3-24(17(25)13(2)10-21-9-5-7-19)15(16(18)20)12-23-14-6-4-8-22-11-14/h4-9,11-13,20,23H,3,10,19H2,1-2H3/b7-5?,15-12+,20-16?,21-9?. The molecule has 8 heteroatoms. The summed E-state index contributed by atoms with van der Waals surface area (Å²) in [4.78, 5) is 22.2. The van der Waals surface area contributed by atoms with Crippen LogP contribution in [-0.2, 0) is 4.79 Å². The summed E-state index contributed by atoms with van der Waals surface area (Å²) >= 11 is 5.89. The first kappa shape index (κ1) is 20.4. The quantitative estimate of drug-likeness (QED) is 0.587. The third-order valence-corrected chi connectivity index (χ3v) is 3.43. The van der Waals surface area contributed by atoms with Gasteiger partial charge in [0, 0.05) is 25.2 Å². The molecule has 1 rings (SSSR count). The lowest BCUT2D eigenvalue weighted by Gasteiger charge is -2.25. The van der Waals surface area contributed by atoms with Crippen molar-refractivity contribution in [1.82, 2.24) is 9.88 Å². The third-order valence-electron chi connectivity index (χ3n) is 3.24. The van der Waals surface area contributed by atoms with Gasteiger partial charge in [-0.15, -0.1) is 0 Å². The minimum atomic E-state index is -0.361. The van der Waals surface area contributed by atoms with Crippen LogP contribution in [0.15, 0.2) is 53.7 Å². The Balaban J connectivity index is 2.90. The Hall–Kier alpha value is -2.67. The first-order valence-electron chi connectivity index (χ1n) is 7.80. The number of pyridine rings is 1. The van der Waals surface area contributed by atoms with E-state index in [-0.39, 0.29) is 22.7 Å². The summed E-state index contributed by atoms with van der Waals surface area (Å²) in [6.45, 7) is 4.30. The van der Waals surface area contributed by atoms with Gasteiger partial charge in [-0.2, -0.15) is 0 Å². The second kappa shape index (κ2) is 11.0. The maximum Gasteiger partial charge on any atom is 0.231 e. The van der Waals surface area contributed by atoms with Crippen LogP contribution in [0.5, 0.6) is 0 Å². The van der Waals surface area contributed by atoms with Crippen LogP contribution in [0.4, 0.5) is 5.69 Å². The first-order valence-corrected chi connectivity index (χ1v) is 8.18. The van der Waals surface area contributed by atoms with E-state index < -0.39 is 0 Å². The fourth-order valence-corrected chi connectivity index (χ4v) is 2.13. The molecule has 1 aromatic heterocycles. The van der Waals surface area contributed by atoms with E-state index in [0.29, 0.717) is 13.1 Å². The van der Waals surface area contributed by atoms with Gasteiger partial charge in [0.15, 0.2) is 0 Å². The highest BCUT2D eigenvalue weighted by Gasteiger charge is 2.23. The fourth-order valence-electron chi connectivity index (χ4n) is 1.98. The number of hydrogen-bond donors (Lipinski definition) is 3. The van der Waals surface area contributed by atoms with Crippen molar-refractivity contribution in [3.8, 4) is 0 Å². The molecule has 0 saturated carbocycles. The van der Waals surface area contributed by atoms with Gasteiger partial charge >= 0.3 is 0 Å². The SMILES string of the molecule is CCN(C(=O)C(C)CN=CC=CN)/C(=C/Nc1cccnc1)C(=N)Cl. The summed E-state index contributed by atoms with van der Waals surface area (Å²) in [5, 5.41) is 10.5. The number of aliphatic imine (C=N–C) groups is 1. The Morgan fingerprint density at radius 1 is 1.60 bits per heavy atom. The van der Waals surface area contributed by atoms with Gasteiger partial charge in [0.25, 0.3) is 0 Å². The van der Waals surface area contributed by atoms with Crippen molar-refractivity contribution in [1.29, 1.82) is 5.41 Å². The molecule has 0 saturated heterocycles. The molecule has 134 valence electrons. The molecule has 1 atom stereocenters. The zero-order chi connectivity index (χ0) is 18.7. The maximum absolute atomic E-state index is 12.7. The molecule has 1 amide bonds. The smallest absolute Gasteiger partial charge is 0.231 e. The summed E-state index contributed by atoms with van der Waals surface area (Å²) < 4.78 is 0. The first-order chi connectivity index (χ1) is 12.0. The molecule has 0 aliphatic heterocycles. The number of amides is 1. The minimum Gasteiger partial charge on any atom is -0.405 e. The molecule has 4 N–H and O–H groups in total. The number of carbonyl (C=O) groups excluding carboxylic acids is 1. The molecule has 0 aromatic carbocycles. The molecule has 25 heavy (non-hydrogen) atoms. The second-order valence-corrected chi connectivity index (χ2v) is 5.49. The number of nitrogens with zero attached hydrogens (tertiary/aromatic N) is 3. The molecule has 0 aliphatic carbocycles. The van der Waals surface area contributed by atoms with E-state index >= 15 is 0 Å². The van der Waals surface area contributed by atoms with Gasteiger partial charge in [-0.1, -0.05) is 18.5 Å². The van der Waals surface area contributed by atoms with Crippen molar-refractivity contribution < 1.29 is 4.79 Å². The van der Waals surface area contributed by atoms with Crippen LogP contribution in [0.25, 0.3) is 0 Å². The third kappa shape index (κ3) is 6.76. The average Bonchev–Trinajstić information content (AvgIpc) is 2.62.